The molecule has 82 valence electrons. The highest BCUT2D eigenvalue weighted by molar-refractivity contribution is 5.49. The molecule has 3 nitrogen and oxygen atoms in total. The summed E-state index contributed by atoms with van der Waals surface area (Å²) in [6.07, 6.45) is -5.13. The molecule has 1 rings (SSSR count). The van der Waals surface area contributed by atoms with Gasteiger partial charge in [-0.05, 0) is 12.1 Å². The van der Waals surface area contributed by atoms with Crippen LogP contribution >= 0.6 is 0 Å². The van der Waals surface area contributed by atoms with Crippen LogP contribution in [0.1, 0.15) is 16.7 Å². The summed E-state index contributed by atoms with van der Waals surface area (Å²) >= 11 is 0. The highest BCUT2D eigenvalue weighted by atomic mass is 19.4. The highest BCUT2D eigenvalue weighted by Gasteiger charge is 2.35. The first-order valence-corrected chi connectivity index (χ1v) is 4.10. The third-order valence-electron chi connectivity index (χ3n) is 1.89. The van der Waals surface area contributed by atoms with E-state index in [1.54, 1.807) is 12.1 Å². The molecular weight excluding hydrogens is 221 g/mol. The lowest BCUT2D eigenvalue weighted by molar-refractivity contribution is -0.138. The number of hydrogen-bond acceptors (Lipinski definition) is 3. The van der Waals surface area contributed by atoms with E-state index < -0.39 is 17.5 Å². The van der Waals surface area contributed by atoms with Crippen molar-refractivity contribution < 1.29 is 18.3 Å². The van der Waals surface area contributed by atoms with Gasteiger partial charge in [-0.3, -0.25) is 0 Å². The normalized spacial score (nSPS) is 10.6. The van der Waals surface area contributed by atoms with Crippen molar-refractivity contribution in [1.29, 1.82) is 10.5 Å². The van der Waals surface area contributed by atoms with Gasteiger partial charge in [-0.2, -0.15) is 23.7 Å². The molecule has 0 aliphatic heterocycles. The lowest BCUT2D eigenvalue weighted by Gasteiger charge is -2.11. The van der Waals surface area contributed by atoms with Crippen molar-refractivity contribution in [2.45, 2.75) is 12.6 Å². The second kappa shape index (κ2) is 4.11. The molecular formula is C10H5F3N2O. The van der Waals surface area contributed by atoms with Gasteiger partial charge in [-0.1, -0.05) is 0 Å². The number of nitrogens with zero attached hydrogens (tertiary/aromatic N) is 2. The van der Waals surface area contributed by atoms with Crippen LogP contribution in [-0.2, 0) is 12.6 Å². The van der Waals surface area contributed by atoms with Crippen LogP contribution in [0.4, 0.5) is 13.2 Å². The summed E-state index contributed by atoms with van der Waals surface area (Å²) in [5.74, 6) is -0.993. The summed E-state index contributed by atoms with van der Waals surface area (Å²) in [5.41, 5.74) is -1.74. The van der Waals surface area contributed by atoms with Gasteiger partial charge in [0.25, 0.3) is 0 Å². The smallest absolute Gasteiger partial charge is 0.420 e. The Bertz CT molecular complexity index is 495. The molecule has 0 fully saturated rings. The lowest BCUT2D eigenvalue weighted by Crippen LogP contribution is -2.07. The number of alkyl halides is 3. The van der Waals surface area contributed by atoms with Crippen LogP contribution in [0, 0.1) is 22.7 Å². The van der Waals surface area contributed by atoms with Crippen molar-refractivity contribution in [2.75, 3.05) is 0 Å². The maximum atomic E-state index is 12.4. The molecule has 0 aliphatic rings. The minimum Gasteiger partial charge on any atom is -0.507 e. The third-order valence-corrected chi connectivity index (χ3v) is 1.89. The second-order valence-electron chi connectivity index (χ2n) is 2.98. The van der Waals surface area contributed by atoms with E-state index in [9.17, 15) is 18.3 Å². The summed E-state index contributed by atoms with van der Waals surface area (Å²) in [7, 11) is 0. The fourth-order valence-electron chi connectivity index (χ4n) is 1.20. The van der Waals surface area contributed by atoms with Crippen LogP contribution in [0.15, 0.2) is 12.1 Å². The molecule has 0 saturated heterocycles. The number of hydrogen-bond donors (Lipinski definition) is 1. The van der Waals surface area contributed by atoms with Crippen LogP contribution in [0.2, 0.25) is 0 Å². The quantitative estimate of drug-likeness (QED) is 0.799. The van der Waals surface area contributed by atoms with E-state index in [-0.39, 0.29) is 17.5 Å². The van der Waals surface area contributed by atoms with E-state index >= 15 is 0 Å². The number of aromatic hydroxyl groups is 1. The van der Waals surface area contributed by atoms with E-state index in [1.807, 2.05) is 0 Å². The van der Waals surface area contributed by atoms with Gasteiger partial charge in [0.05, 0.1) is 29.7 Å². The maximum Gasteiger partial charge on any atom is 0.420 e. The standard InChI is InChI=1S/C10H5F3N2O/c11-10(12,13)8-4-6(5-15)3-7(1-2-14)9(8)16/h3-4,16H,1H2. The number of halogens is 3. The van der Waals surface area contributed by atoms with Crippen LogP contribution in [0.5, 0.6) is 5.75 Å². The van der Waals surface area contributed by atoms with E-state index in [0.717, 1.165) is 6.07 Å². The fourth-order valence-corrected chi connectivity index (χ4v) is 1.20. The predicted octanol–water partition coefficient (Wildman–Crippen LogP) is 2.35. The van der Waals surface area contributed by atoms with Gasteiger partial charge in [0, 0.05) is 5.56 Å². The average molecular weight is 226 g/mol. The largest absolute Gasteiger partial charge is 0.507 e. The van der Waals surface area contributed by atoms with Crippen molar-refractivity contribution in [3.63, 3.8) is 0 Å². The third kappa shape index (κ3) is 2.23. The molecule has 16 heavy (non-hydrogen) atoms. The molecule has 0 atom stereocenters. The first kappa shape index (κ1) is 11.9. The number of benzene rings is 1. The van der Waals surface area contributed by atoms with E-state index in [1.165, 1.54) is 0 Å². The molecule has 0 aromatic heterocycles. The van der Waals surface area contributed by atoms with Gasteiger partial charge in [0.2, 0.25) is 0 Å². The molecule has 1 aromatic carbocycles. The molecule has 1 N–H and O–H groups in total. The average Bonchev–Trinajstić information content (AvgIpc) is 2.19. The zero-order chi connectivity index (χ0) is 12.3. The summed E-state index contributed by atoms with van der Waals surface area (Å²) in [6.45, 7) is 0. The Morgan fingerprint density at radius 3 is 2.31 bits per heavy atom. The molecule has 6 heteroatoms. The Labute approximate surface area is 89.0 Å². The molecule has 0 bridgehead atoms. The van der Waals surface area contributed by atoms with Crippen LogP contribution in [0.3, 0.4) is 0 Å². The van der Waals surface area contributed by atoms with Crippen LogP contribution in [0.25, 0.3) is 0 Å². The lowest BCUT2D eigenvalue weighted by atomic mass is 10.0. The van der Waals surface area contributed by atoms with Crippen molar-refractivity contribution in [2.24, 2.45) is 0 Å². The molecule has 0 saturated carbocycles. The Morgan fingerprint density at radius 1 is 1.25 bits per heavy atom. The molecule has 0 aliphatic carbocycles. The number of nitriles is 2. The summed E-state index contributed by atoms with van der Waals surface area (Å²) in [6, 6.07) is 4.78. The molecule has 0 radical (unpaired) electrons. The van der Waals surface area contributed by atoms with Crippen LogP contribution in [-0.4, -0.2) is 5.11 Å². The zero-order valence-electron chi connectivity index (χ0n) is 7.84. The molecule has 0 spiro atoms. The molecule has 1 aromatic rings. The van der Waals surface area contributed by atoms with Gasteiger partial charge in [-0.15, -0.1) is 0 Å². The van der Waals surface area contributed by atoms with Crippen molar-refractivity contribution >= 4 is 0 Å². The molecule has 0 heterocycles. The van der Waals surface area contributed by atoms with E-state index in [0.29, 0.717) is 6.07 Å². The topological polar surface area (TPSA) is 67.8 Å². The van der Waals surface area contributed by atoms with Gasteiger partial charge in [0.1, 0.15) is 5.75 Å². The van der Waals surface area contributed by atoms with Gasteiger partial charge in [0.15, 0.2) is 0 Å². The Balaban J connectivity index is 3.46. The van der Waals surface area contributed by atoms with Gasteiger partial charge < -0.3 is 5.11 Å². The maximum absolute atomic E-state index is 12.4. The van der Waals surface area contributed by atoms with Crippen molar-refractivity contribution in [1.82, 2.24) is 0 Å². The number of phenols is 1. The van der Waals surface area contributed by atoms with E-state index in [4.69, 9.17) is 10.5 Å². The molecule has 0 amide bonds. The monoisotopic (exact) mass is 226 g/mol. The minimum absolute atomic E-state index is 0.200. The second-order valence-corrected chi connectivity index (χ2v) is 2.98. The highest BCUT2D eigenvalue weighted by Crippen LogP contribution is 2.38. The van der Waals surface area contributed by atoms with Crippen molar-refractivity contribution in [3.05, 3.63) is 28.8 Å². The Kier molecular flexibility index (Phi) is 3.05. The summed E-state index contributed by atoms with van der Waals surface area (Å²) < 4.78 is 37.3. The number of phenolic OH excluding ortho intramolecular Hbond substituents is 1. The van der Waals surface area contributed by atoms with Crippen molar-refractivity contribution in [3.8, 4) is 17.9 Å². The first-order valence-electron chi connectivity index (χ1n) is 4.10. The summed E-state index contributed by atoms with van der Waals surface area (Å²) in [5, 5.41) is 26.2. The van der Waals surface area contributed by atoms with Crippen LogP contribution < -0.4 is 0 Å². The minimum atomic E-state index is -4.75. The van der Waals surface area contributed by atoms with Gasteiger partial charge >= 0.3 is 6.18 Å². The number of rotatable bonds is 1. The van der Waals surface area contributed by atoms with Gasteiger partial charge in [-0.25, -0.2) is 0 Å². The molecule has 0 unspecified atom stereocenters. The summed E-state index contributed by atoms with van der Waals surface area (Å²) in [4.78, 5) is 0. The fraction of sp³-hybridized carbons (Fsp3) is 0.200. The Hall–Kier alpha value is -2.21. The first-order chi connectivity index (χ1) is 7.40. The predicted molar refractivity (Wildman–Crippen MR) is 47.1 cm³/mol. The Morgan fingerprint density at radius 2 is 1.88 bits per heavy atom. The van der Waals surface area contributed by atoms with E-state index in [2.05, 4.69) is 0 Å². The SMILES string of the molecule is N#CCc1cc(C#N)cc(C(F)(F)F)c1O. The zero-order valence-corrected chi connectivity index (χ0v) is 7.84.